The minimum absolute atomic E-state index is 0.0450. The van der Waals surface area contributed by atoms with Crippen LogP contribution >= 0.6 is 11.6 Å². The van der Waals surface area contributed by atoms with Crippen molar-refractivity contribution in [3.8, 4) is 0 Å². The van der Waals surface area contributed by atoms with Gasteiger partial charge < -0.3 is 9.47 Å². The van der Waals surface area contributed by atoms with E-state index in [0.29, 0.717) is 5.56 Å². The molecule has 1 aromatic carbocycles. The van der Waals surface area contributed by atoms with E-state index in [1.807, 2.05) is 6.07 Å². The molecule has 0 unspecified atom stereocenters. The van der Waals surface area contributed by atoms with Crippen molar-refractivity contribution in [3.63, 3.8) is 0 Å². The minimum atomic E-state index is -0.669. The second kappa shape index (κ2) is 5.06. The molecule has 1 aromatic rings. The second-order valence-corrected chi connectivity index (χ2v) is 3.85. The van der Waals surface area contributed by atoms with Crippen LogP contribution in [-0.2, 0) is 19.1 Å². The lowest BCUT2D eigenvalue weighted by Crippen LogP contribution is -2.02. The summed E-state index contributed by atoms with van der Waals surface area (Å²) < 4.78 is 9.73. The third-order valence-electron chi connectivity index (χ3n) is 2.32. The van der Waals surface area contributed by atoms with Crippen LogP contribution in [0, 0.1) is 0 Å². The summed E-state index contributed by atoms with van der Waals surface area (Å²) in [5.74, 6) is -1.08. The highest BCUT2D eigenvalue weighted by Crippen LogP contribution is 2.34. The van der Waals surface area contributed by atoms with Gasteiger partial charge in [0.1, 0.15) is 5.03 Å². The molecule has 1 aliphatic heterocycles. The van der Waals surface area contributed by atoms with Crippen molar-refractivity contribution in [1.29, 1.82) is 0 Å². The molecule has 0 radical (unpaired) electrons. The molecule has 0 aliphatic carbocycles. The zero-order valence-electron chi connectivity index (χ0n) is 9.48. The number of esters is 1. The molecule has 5 heteroatoms. The molecule has 18 heavy (non-hydrogen) atoms. The van der Waals surface area contributed by atoms with Crippen LogP contribution in [0.1, 0.15) is 5.56 Å². The van der Waals surface area contributed by atoms with Crippen molar-refractivity contribution in [2.75, 3.05) is 7.11 Å². The maximum atomic E-state index is 11.7. The highest BCUT2D eigenvalue weighted by atomic mass is 35.5. The van der Waals surface area contributed by atoms with Crippen molar-refractivity contribution >= 4 is 29.1 Å². The number of methoxy groups -OCH3 is 1. The number of ether oxygens (including phenoxy) is 2. The Balaban J connectivity index is 2.33. The number of carbonyl (C=O) groups is 2. The summed E-state index contributed by atoms with van der Waals surface area (Å²) in [6, 6.07) is 8.93. The zero-order chi connectivity index (χ0) is 13.1. The van der Waals surface area contributed by atoms with Crippen LogP contribution in [0.4, 0.5) is 0 Å². The van der Waals surface area contributed by atoms with E-state index in [2.05, 4.69) is 4.74 Å². The van der Waals surface area contributed by atoms with Gasteiger partial charge in [-0.05, 0) is 0 Å². The lowest BCUT2D eigenvalue weighted by Gasteiger charge is -2.03. The topological polar surface area (TPSA) is 52.6 Å². The zero-order valence-corrected chi connectivity index (χ0v) is 10.2. The third kappa shape index (κ3) is 2.28. The van der Waals surface area contributed by atoms with Crippen molar-refractivity contribution in [2.24, 2.45) is 0 Å². The van der Waals surface area contributed by atoms with E-state index >= 15 is 0 Å². The molecular weight excluding hydrogens is 256 g/mol. The standard InChI is InChI=1S/C13H9ClO4/c1-17-10(15)7-9-12(16)11(14)13(18-9)8-5-3-2-4-6-8/h2-7H,1H3/b9-7-. The van der Waals surface area contributed by atoms with Gasteiger partial charge in [0.25, 0.3) is 0 Å². The van der Waals surface area contributed by atoms with Crippen molar-refractivity contribution in [1.82, 2.24) is 0 Å². The average Bonchev–Trinajstić information content (AvgIpc) is 2.68. The van der Waals surface area contributed by atoms with Gasteiger partial charge in [-0.15, -0.1) is 0 Å². The molecule has 1 aliphatic rings. The second-order valence-electron chi connectivity index (χ2n) is 3.47. The largest absolute Gasteiger partial charge is 0.466 e. The number of allylic oxidation sites excluding steroid dienone is 1. The number of hydrogen-bond acceptors (Lipinski definition) is 4. The van der Waals surface area contributed by atoms with Crippen molar-refractivity contribution in [2.45, 2.75) is 0 Å². The Bertz CT molecular complexity index is 558. The van der Waals surface area contributed by atoms with E-state index in [4.69, 9.17) is 16.3 Å². The average molecular weight is 265 g/mol. The fourth-order valence-electron chi connectivity index (χ4n) is 1.45. The normalized spacial score (nSPS) is 17.0. The maximum absolute atomic E-state index is 11.7. The Kier molecular flexibility index (Phi) is 3.48. The minimum Gasteiger partial charge on any atom is -0.466 e. The van der Waals surface area contributed by atoms with Gasteiger partial charge in [0, 0.05) is 5.56 Å². The van der Waals surface area contributed by atoms with E-state index in [1.54, 1.807) is 24.3 Å². The van der Waals surface area contributed by atoms with Crippen molar-refractivity contribution < 1.29 is 19.1 Å². The van der Waals surface area contributed by atoms with E-state index in [9.17, 15) is 9.59 Å². The monoisotopic (exact) mass is 264 g/mol. The van der Waals surface area contributed by atoms with Gasteiger partial charge >= 0.3 is 5.97 Å². The van der Waals surface area contributed by atoms with E-state index < -0.39 is 11.8 Å². The Labute approximate surface area is 108 Å². The van der Waals surface area contributed by atoms with E-state index in [-0.39, 0.29) is 16.6 Å². The van der Waals surface area contributed by atoms with Crippen LogP contribution < -0.4 is 0 Å². The molecule has 92 valence electrons. The molecule has 2 rings (SSSR count). The first-order valence-corrected chi connectivity index (χ1v) is 5.48. The molecule has 0 N–H and O–H groups in total. The highest BCUT2D eigenvalue weighted by Gasteiger charge is 2.30. The lowest BCUT2D eigenvalue weighted by molar-refractivity contribution is -0.135. The molecule has 0 fully saturated rings. The fourth-order valence-corrected chi connectivity index (χ4v) is 1.69. The number of halogens is 1. The smallest absolute Gasteiger partial charge is 0.334 e. The molecule has 0 saturated carbocycles. The van der Waals surface area contributed by atoms with Crippen LogP contribution in [0.15, 0.2) is 47.2 Å². The van der Waals surface area contributed by atoms with Gasteiger partial charge in [-0.25, -0.2) is 4.79 Å². The number of carbonyl (C=O) groups excluding carboxylic acids is 2. The van der Waals surface area contributed by atoms with Gasteiger partial charge in [-0.1, -0.05) is 41.9 Å². The molecule has 4 nitrogen and oxygen atoms in total. The number of benzene rings is 1. The predicted molar refractivity (Wildman–Crippen MR) is 65.4 cm³/mol. The van der Waals surface area contributed by atoms with Crippen LogP contribution in [-0.4, -0.2) is 18.9 Å². The van der Waals surface area contributed by atoms with Gasteiger partial charge in [-0.2, -0.15) is 0 Å². The van der Waals surface area contributed by atoms with Gasteiger partial charge in [0.2, 0.25) is 5.78 Å². The molecular formula is C13H9ClO4. The third-order valence-corrected chi connectivity index (χ3v) is 2.66. The molecule has 0 atom stereocenters. The summed E-state index contributed by atoms with van der Waals surface area (Å²) in [5, 5.41) is -0.0450. The molecule has 0 amide bonds. The Morgan fingerprint density at radius 1 is 1.33 bits per heavy atom. The molecule has 0 bridgehead atoms. The van der Waals surface area contributed by atoms with Crippen LogP contribution in [0.25, 0.3) is 5.76 Å². The quantitative estimate of drug-likeness (QED) is 0.607. The molecule has 0 spiro atoms. The number of ketones is 1. The molecule has 1 heterocycles. The summed E-state index contributed by atoms with van der Waals surface area (Å²) in [6.45, 7) is 0. The summed E-state index contributed by atoms with van der Waals surface area (Å²) >= 11 is 5.90. The summed E-state index contributed by atoms with van der Waals surface area (Å²) in [6.07, 6.45) is 0.973. The summed E-state index contributed by atoms with van der Waals surface area (Å²) in [5.41, 5.74) is 0.670. The first-order chi connectivity index (χ1) is 8.63. The molecule has 0 saturated heterocycles. The first kappa shape index (κ1) is 12.4. The Hall–Kier alpha value is -2.07. The van der Waals surface area contributed by atoms with Crippen LogP contribution in [0.5, 0.6) is 0 Å². The van der Waals surface area contributed by atoms with Gasteiger partial charge in [-0.3, -0.25) is 4.79 Å². The number of rotatable bonds is 2. The number of hydrogen-bond donors (Lipinski definition) is 0. The summed E-state index contributed by atoms with van der Waals surface area (Å²) in [4.78, 5) is 22.8. The van der Waals surface area contributed by atoms with Crippen LogP contribution in [0.2, 0.25) is 0 Å². The van der Waals surface area contributed by atoms with Gasteiger partial charge in [0.15, 0.2) is 11.5 Å². The van der Waals surface area contributed by atoms with Crippen LogP contribution in [0.3, 0.4) is 0 Å². The maximum Gasteiger partial charge on any atom is 0.334 e. The SMILES string of the molecule is COC(=O)/C=C1\OC(c2ccccc2)=C(Cl)C1=O. The van der Waals surface area contributed by atoms with Crippen molar-refractivity contribution in [3.05, 3.63) is 52.8 Å². The fraction of sp³-hybridized carbons (Fsp3) is 0.0769. The lowest BCUT2D eigenvalue weighted by atomic mass is 10.2. The molecule has 0 aromatic heterocycles. The Morgan fingerprint density at radius 3 is 2.61 bits per heavy atom. The number of Topliss-reactive ketones (excluding diaryl/α,β-unsaturated/α-hetero) is 1. The summed E-state index contributed by atoms with van der Waals surface area (Å²) in [7, 11) is 1.21. The first-order valence-electron chi connectivity index (χ1n) is 5.11. The Morgan fingerprint density at radius 2 is 2.00 bits per heavy atom. The van der Waals surface area contributed by atoms with E-state index in [1.165, 1.54) is 7.11 Å². The van der Waals surface area contributed by atoms with Gasteiger partial charge in [0.05, 0.1) is 13.2 Å². The van der Waals surface area contributed by atoms with E-state index in [0.717, 1.165) is 6.08 Å². The predicted octanol–water partition coefficient (Wildman–Crippen LogP) is 2.25. The highest BCUT2D eigenvalue weighted by molar-refractivity contribution is 6.49.